The van der Waals surface area contributed by atoms with Crippen LogP contribution in [0.4, 0.5) is 0 Å². The van der Waals surface area contributed by atoms with E-state index in [0.29, 0.717) is 11.4 Å². The van der Waals surface area contributed by atoms with Crippen molar-refractivity contribution >= 4 is 29.3 Å². The molecule has 0 amide bonds. The second-order valence-corrected chi connectivity index (χ2v) is 5.07. The maximum Gasteiger partial charge on any atom is 0.0663 e. The lowest BCUT2D eigenvalue weighted by Gasteiger charge is -2.11. The summed E-state index contributed by atoms with van der Waals surface area (Å²) in [6, 6.07) is 16.3. The third-order valence-corrected chi connectivity index (χ3v) is 3.63. The molecular weight excluding hydrogens is 266 g/mol. The van der Waals surface area contributed by atoms with Gasteiger partial charge in [-0.15, -0.1) is 0 Å². The van der Waals surface area contributed by atoms with E-state index in [1.165, 1.54) is 0 Å². The molecule has 0 saturated heterocycles. The van der Waals surface area contributed by atoms with Crippen LogP contribution in [0.2, 0.25) is 5.02 Å². The van der Waals surface area contributed by atoms with Gasteiger partial charge in [0.25, 0.3) is 0 Å². The minimum Gasteiger partial charge on any atom is -0.198 e. The Hall–Kier alpha value is -2.30. The predicted octanol–water partition coefficient (Wildman–Crippen LogP) is 5.17. The molecule has 0 atom stereocenters. The van der Waals surface area contributed by atoms with E-state index >= 15 is 0 Å². The summed E-state index contributed by atoms with van der Waals surface area (Å²) in [5.41, 5.74) is 5.57. The molecule has 0 bridgehead atoms. The van der Waals surface area contributed by atoms with Gasteiger partial charge in [-0.05, 0) is 40.0 Å². The van der Waals surface area contributed by atoms with Crippen LogP contribution in [0.5, 0.6) is 0 Å². The number of allylic oxidation sites excluding steroid dienone is 1. The fourth-order valence-corrected chi connectivity index (χ4v) is 2.66. The average Bonchev–Trinajstić information content (AvgIpc) is 2.62. The number of nitrogens with zero attached hydrogens (tertiary/aromatic N) is 1. The van der Waals surface area contributed by atoms with Gasteiger partial charge in [-0.1, -0.05) is 60.2 Å². The molecule has 3 rings (SSSR count). The van der Waals surface area contributed by atoms with Crippen LogP contribution in [0.3, 0.4) is 0 Å². The van der Waals surface area contributed by atoms with Crippen molar-refractivity contribution < 1.29 is 0 Å². The van der Waals surface area contributed by atoms with Crippen LogP contribution in [0.1, 0.15) is 28.7 Å². The number of benzene rings is 2. The highest BCUT2D eigenvalue weighted by atomic mass is 35.5. The number of halogens is 1. The molecule has 2 aromatic carbocycles. The maximum atomic E-state index is 8.88. The molecule has 0 radical (unpaired) electrons. The van der Waals surface area contributed by atoms with Gasteiger partial charge >= 0.3 is 0 Å². The molecule has 20 heavy (non-hydrogen) atoms. The molecule has 2 aromatic rings. The van der Waals surface area contributed by atoms with E-state index in [1.54, 1.807) is 0 Å². The average molecular weight is 278 g/mol. The van der Waals surface area contributed by atoms with E-state index in [1.807, 2.05) is 36.4 Å². The lowest BCUT2D eigenvalue weighted by molar-refractivity contribution is 1.35. The summed E-state index contributed by atoms with van der Waals surface area (Å²) in [7, 11) is 0. The van der Waals surface area contributed by atoms with Crippen molar-refractivity contribution in [3.05, 3.63) is 75.8 Å². The molecule has 1 aliphatic rings. The Morgan fingerprint density at radius 3 is 2.55 bits per heavy atom. The molecule has 0 spiro atoms. The molecule has 0 unspecified atom stereocenters. The lowest BCUT2D eigenvalue weighted by Crippen LogP contribution is -1.92. The van der Waals surface area contributed by atoms with Crippen molar-refractivity contribution in [1.29, 1.82) is 5.26 Å². The molecule has 1 aliphatic carbocycles. The van der Waals surface area contributed by atoms with Crippen molar-refractivity contribution in [2.75, 3.05) is 0 Å². The van der Waals surface area contributed by atoms with Crippen LogP contribution in [0, 0.1) is 11.3 Å². The van der Waals surface area contributed by atoms with Crippen LogP contribution in [0.15, 0.2) is 48.5 Å². The molecule has 0 aliphatic heterocycles. The van der Waals surface area contributed by atoms with E-state index in [-0.39, 0.29) is 0 Å². The van der Waals surface area contributed by atoms with Gasteiger partial charge in [-0.2, -0.15) is 5.26 Å². The largest absolute Gasteiger partial charge is 0.198 e. The van der Waals surface area contributed by atoms with Crippen LogP contribution in [-0.4, -0.2) is 0 Å². The van der Waals surface area contributed by atoms with Crippen LogP contribution < -0.4 is 0 Å². The Balaban J connectivity index is 2.29. The summed E-state index contributed by atoms with van der Waals surface area (Å²) in [5.74, 6) is 0. The standard InChI is InChI=1S/C18H12ClN/c19-15-10-9-14-8-7-13-4-1-2-5-16(13)17(6-3-11-20)18(14)12-15/h1-2,4-10,12H,3H2/b17-6+. The highest BCUT2D eigenvalue weighted by Gasteiger charge is 2.14. The summed E-state index contributed by atoms with van der Waals surface area (Å²) >= 11 is 6.14. The van der Waals surface area contributed by atoms with Crippen molar-refractivity contribution in [2.24, 2.45) is 0 Å². The normalized spacial score (nSPS) is 14.3. The molecule has 1 nitrogen and oxygen atoms in total. The second-order valence-electron chi connectivity index (χ2n) is 4.63. The van der Waals surface area contributed by atoms with Gasteiger partial charge in [-0.3, -0.25) is 0 Å². The molecule has 96 valence electrons. The zero-order valence-electron chi connectivity index (χ0n) is 10.8. The van der Waals surface area contributed by atoms with E-state index < -0.39 is 0 Å². The van der Waals surface area contributed by atoms with E-state index in [9.17, 15) is 0 Å². The topological polar surface area (TPSA) is 23.8 Å². The fourth-order valence-electron chi connectivity index (χ4n) is 2.49. The first kappa shape index (κ1) is 12.7. The predicted molar refractivity (Wildman–Crippen MR) is 84.1 cm³/mol. The molecule has 0 aromatic heterocycles. The smallest absolute Gasteiger partial charge is 0.0663 e. The second kappa shape index (κ2) is 5.36. The molecule has 2 heteroatoms. The lowest BCUT2D eigenvalue weighted by atomic mass is 9.93. The van der Waals surface area contributed by atoms with Gasteiger partial charge in [-0.25, -0.2) is 0 Å². The first-order chi connectivity index (χ1) is 9.79. The van der Waals surface area contributed by atoms with E-state index in [4.69, 9.17) is 16.9 Å². The monoisotopic (exact) mass is 277 g/mol. The van der Waals surface area contributed by atoms with Crippen molar-refractivity contribution in [1.82, 2.24) is 0 Å². The molecule has 0 N–H and O–H groups in total. The van der Waals surface area contributed by atoms with Crippen molar-refractivity contribution in [3.63, 3.8) is 0 Å². The Labute approximate surface area is 123 Å². The number of hydrogen-bond donors (Lipinski definition) is 0. The number of rotatable bonds is 1. The summed E-state index contributed by atoms with van der Waals surface area (Å²) in [5, 5.41) is 9.59. The molecule has 0 heterocycles. The van der Waals surface area contributed by atoms with Crippen LogP contribution in [-0.2, 0) is 0 Å². The van der Waals surface area contributed by atoms with Gasteiger partial charge in [0.1, 0.15) is 0 Å². The van der Waals surface area contributed by atoms with Crippen molar-refractivity contribution in [3.8, 4) is 6.07 Å². The van der Waals surface area contributed by atoms with Gasteiger partial charge in [0.05, 0.1) is 12.5 Å². The zero-order chi connectivity index (χ0) is 13.9. The molecular formula is C18H12ClN. The first-order valence-electron chi connectivity index (χ1n) is 6.44. The quantitative estimate of drug-likeness (QED) is 0.602. The minimum atomic E-state index is 0.385. The zero-order valence-corrected chi connectivity index (χ0v) is 11.6. The van der Waals surface area contributed by atoms with Crippen LogP contribution in [0.25, 0.3) is 17.7 Å². The third-order valence-electron chi connectivity index (χ3n) is 3.40. The van der Waals surface area contributed by atoms with Crippen LogP contribution >= 0.6 is 11.6 Å². The van der Waals surface area contributed by atoms with Crippen molar-refractivity contribution in [2.45, 2.75) is 6.42 Å². The summed E-state index contributed by atoms with van der Waals surface area (Å²) < 4.78 is 0. The Kier molecular flexibility index (Phi) is 3.41. The maximum absolute atomic E-state index is 8.88. The number of hydrogen-bond acceptors (Lipinski definition) is 1. The Morgan fingerprint density at radius 2 is 1.75 bits per heavy atom. The van der Waals surface area contributed by atoms with Gasteiger partial charge < -0.3 is 0 Å². The van der Waals surface area contributed by atoms with Gasteiger partial charge in [0.2, 0.25) is 0 Å². The summed E-state index contributed by atoms with van der Waals surface area (Å²) in [6.07, 6.45) is 6.56. The van der Waals surface area contributed by atoms with Gasteiger partial charge in [0, 0.05) is 5.02 Å². The number of nitriles is 1. The SMILES string of the molecule is N#CC/C=C1\c2ccccc2C=Cc2ccc(Cl)cc21. The van der Waals surface area contributed by atoms with Gasteiger partial charge in [0.15, 0.2) is 0 Å². The third kappa shape index (κ3) is 2.27. The summed E-state index contributed by atoms with van der Waals surface area (Å²) in [4.78, 5) is 0. The molecule has 0 saturated carbocycles. The fraction of sp³-hybridized carbons (Fsp3) is 0.0556. The minimum absolute atomic E-state index is 0.385. The highest BCUT2D eigenvalue weighted by Crippen LogP contribution is 2.35. The Morgan fingerprint density at radius 1 is 1.00 bits per heavy atom. The summed E-state index contributed by atoms with van der Waals surface area (Å²) in [6.45, 7) is 0. The Bertz CT molecular complexity index is 763. The van der Waals surface area contributed by atoms with E-state index in [2.05, 4.69) is 30.4 Å². The number of fused-ring (bicyclic) bond motifs is 2. The first-order valence-corrected chi connectivity index (χ1v) is 6.82. The highest BCUT2D eigenvalue weighted by molar-refractivity contribution is 6.30. The molecule has 0 fully saturated rings. The van der Waals surface area contributed by atoms with E-state index in [0.717, 1.165) is 27.8 Å².